The number of nitrogens with two attached hydrogens (primary N) is 3. The lowest BCUT2D eigenvalue weighted by molar-refractivity contribution is -0.142. The summed E-state index contributed by atoms with van der Waals surface area (Å²) in [5.74, 6) is -5.30. The number of primary amides is 2. The van der Waals surface area contributed by atoms with Gasteiger partial charge in [0, 0.05) is 18.3 Å². The Kier molecular flexibility index (Phi) is 12.2. The third kappa shape index (κ3) is 10.9. The van der Waals surface area contributed by atoms with E-state index in [1.165, 1.54) is 24.3 Å². The number of aromatic nitrogens is 2. The fraction of sp³-hybridized carbons (Fsp3) is 0.526. The normalized spacial score (nSPS) is 14.1. The van der Waals surface area contributed by atoms with Crippen LogP contribution in [-0.4, -0.2) is 86.8 Å². The van der Waals surface area contributed by atoms with Crippen molar-refractivity contribution >= 4 is 47.3 Å². The van der Waals surface area contributed by atoms with Crippen LogP contribution in [0.3, 0.4) is 0 Å². The van der Waals surface area contributed by atoms with Gasteiger partial charge in [0.05, 0.1) is 25.2 Å². The third-order valence-electron chi connectivity index (χ3n) is 4.63. The fourth-order valence-electron chi connectivity index (χ4n) is 2.86. The van der Waals surface area contributed by atoms with Gasteiger partial charge in [-0.1, -0.05) is 0 Å². The first kappa shape index (κ1) is 29.4. The summed E-state index contributed by atoms with van der Waals surface area (Å²) in [6.45, 7) is 0. The highest BCUT2D eigenvalue weighted by Crippen LogP contribution is 2.05. The Morgan fingerprint density at radius 3 is 2.06 bits per heavy atom. The molecule has 4 unspecified atom stereocenters. The van der Waals surface area contributed by atoms with Crippen LogP contribution in [0.2, 0.25) is 0 Å². The van der Waals surface area contributed by atoms with E-state index in [2.05, 4.69) is 25.9 Å². The summed E-state index contributed by atoms with van der Waals surface area (Å²) in [5, 5.41) is 16.3. The fourth-order valence-corrected chi connectivity index (χ4v) is 3.33. The van der Waals surface area contributed by atoms with E-state index in [9.17, 15) is 33.9 Å². The molecule has 1 rings (SSSR count). The van der Waals surface area contributed by atoms with Crippen LogP contribution < -0.4 is 33.2 Å². The number of thioether (sulfide) groups is 1. The van der Waals surface area contributed by atoms with Crippen molar-refractivity contribution in [2.75, 3.05) is 12.0 Å². The molecule has 0 aromatic carbocycles. The van der Waals surface area contributed by atoms with Gasteiger partial charge in [0.15, 0.2) is 0 Å². The maximum Gasteiger partial charge on any atom is 0.326 e. The zero-order valence-electron chi connectivity index (χ0n) is 19.0. The molecule has 1 aromatic heterocycles. The number of H-pyrrole nitrogens is 1. The van der Waals surface area contributed by atoms with Crippen LogP contribution in [0.1, 0.15) is 25.0 Å². The van der Waals surface area contributed by atoms with Crippen molar-refractivity contribution in [2.45, 2.75) is 49.9 Å². The molecule has 194 valence electrons. The Morgan fingerprint density at radius 1 is 0.971 bits per heavy atom. The summed E-state index contributed by atoms with van der Waals surface area (Å²) < 4.78 is 0. The largest absolute Gasteiger partial charge is 0.480 e. The SMILES string of the molecule is CSCCC(NC(=O)C(CC(N)=O)NC(=O)C(Cc1cnc[nH]1)NC(=O)C(N)CC(N)=O)C(=O)O. The second kappa shape index (κ2) is 14.6. The first-order chi connectivity index (χ1) is 16.4. The smallest absolute Gasteiger partial charge is 0.326 e. The monoisotopic (exact) mass is 514 g/mol. The molecule has 0 fully saturated rings. The number of amides is 5. The highest BCUT2D eigenvalue weighted by molar-refractivity contribution is 7.98. The molecule has 15 nitrogen and oxygen atoms in total. The molecular formula is C19H30N8O7S. The van der Waals surface area contributed by atoms with Crippen molar-refractivity contribution in [1.29, 1.82) is 0 Å². The number of imidazole rings is 1. The number of aliphatic carboxylic acids is 1. The van der Waals surface area contributed by atoms with E-state index in [0.29, 0.717) is 11.4 Å². The highest BCUT2D eigenvalue weighted by atomic mass is 32.2. The molecule has 16 heteroatoms. The number of hydrogen-bond donors (Lipinski definition) is 8. The van der Waals surface area contributed by atoms with Gasteiger partial charge < -0.3 is 43.2 Å². The molecule has 11 N–H and O–H groups in total. The molecule has 1 aromatic rings. The van der Waals surface area contributed by atoms with Gasteiger partial charge in [-0.3, -0.25) is 24.0 Å². The van der Waals surface area contributed by atoms with Gasteiger partial charge in [-0.25, -0.2) is 9.78 Å². The maximum absolute atomic E-state index is 13.0. The molecule has 0 aliphatic carbocycles. The average molecular weight is 515 g/mol. The number of carbonyl (C=O) groups excluding carboxylic acids is 5. The lowest BCUT2D eigenvalue weighted by atomic mass is 10.1. The van der Waals surface area contributed by atoms with Crippen molar-refractivity contribution in [1.82, 2.24) is 25.9 Å². The third-order valence-corrected chi connectivity index (χ3v) is 5.28. The van der Waals surface area contributed by atoms with Crippen LogP contribution in [0.25, 0.3) is 0 Å². The number of hydrogen-bond acceptors (Lipinski definition) is 9. The van der Waals surface area contributed by atoms with Crippen LogP contribution in [-0.2, 0) is 35.2 Å². The highest BCUT2D eigenvalue weighted by Gasteiger charge is 2.31. The molecule has 0 aliphatic heterocycles. The van der Waals surface area contributed by atoms with Gasteiger partial charge in [0.25, 0.3) is 0 Å². The summed E-state index contributed by atoms with van der Waals surface area (Å²) in [5.41, 5.74) is 16.3. The second-order valence-corrected chi connectivity index (χ2v) is 8.52. The summed E-state index contributed by atoms with van der Waals surface area (Å²) in [4.78, 5) is 78.7. The lowest BCUT2D eigenvalue weighted by Crippen LogP contribution is -2.58. The van der Waals surface area contributed by atoms with E-state index in [1.54, 1.807) is 6.26 Å². The molecular weight excluding hydrogens is 484 g/mol. The number of nitrogens with one attached hydrogen (secondary N) is 4. The van der Waals surface area contributed by atoms with E-state index in [0.717, 1.165) is 0 Å². The van der Waals surface area contributed by atoms with Gasteiger partial charge in [0.1, 0.15) is 18.1 Å². The predicted octanol–water partition coefficient (Wildman–Crippen LogP) is -3.68. The zero-order valence-corrected chi connectivity index (χ0v) is 19.8. The minimum absolute atomic E-state index is 0.107. The van der Waals surface area contributed by atoms with Gasteiger partial charge in [-0.15, -0.1) is 0 Å². The Balaban J connectivity index is 3.04. The maximum atomic E-state index is 13.0. The molecule has 35 heavy (non-hydrogen) atoms. The minimum atomic E-state index is -1.52. The molecule has 0 bridgehead atoms. The van der Waals surface area contributed by atoms with E-state index < -0.39 is 72.5 Å². The predicted molar refractivity (Wildman–Crippen MR) is 124 cm³/mol. The lowest BCUT2D eigenvalue weighted by Gasteiger charge is -2.24. The Labute approximate surface area is 204 Å². The first-order valence-electron chi connectivity index (χ1n) is 10.4. The second-order valence-electron chi connectivity index (χ2n) is 7.53. The van der Waals surface area contributed by atoms with Gasteiger partial charge in [-0.05, 0) is 18.4 Å². The zero-order chi connectivity index (χ0) is 26.5. The Bertz CT molecular complexity index is 911. The van der Waals surface area contributed by atoms with Crippen LogP contribution in [0.4, 0.5) is 0 Å². The Hall–Kier alpha value is -3.66. The molecule has 1 heterocycles. The Morgan fingerprint density at radius 2 is 1.54 bits per heavy atom. The summed E-state index contributed by atoms with van der Waals surface area (Å²) in [7, 11) is 0. The van der Waals surface area contributed by atoms with Crippen LogP contribution >= 0.6 is 11.8 Å². The van der Waals surface area contributed by atoms with Gasteiger partial charge in [-0.2, -0.15) is 11.8 Å². The average Bonchev–Trinajstić information content (AvgIpc) is 3.27. The summed E-state index contributed by atoms with van der Waals surface area (Å²) >= 11 is 1.38. The van der Waals surface area contributed by atoms with Gasteiger partial charge >= 0.3 is 5.97 Å². The molecule has 0 radical (unpaired) electrons. The van der Waals surface area contributed by atoms with Crippen LogP contribution in [0.5, 0.6) is 0 Å². The minimum Gasteiger partial charge on any atom is -0.480 e. The van der Waals surface area contributed by atoms with Crippen molar-refractivity contribution in [3.05, 3.63) is 18.2 Å². The number of carboxylic acids is 1. The number of nitrogens with zero attached hydrogens (tertiary/aromatic N) is 1. The summed E-state index contributed by atoms with van der Waals surface area (Å²) in [6, 6.07) is -5.41. The van der Waals surface area contributed by atoms with E-state index in [4.69, 9.17) is 17.2 Å². The molecule has 0 saturated heterocycles. The van der Waals surface area contributed by atoms with E-state index in [-0.39, 0.29) is 12.8 Å². The molecule has 0 saturated carbocycles. The number of rotatable bonds is 16. The van der Waals surface area contributed by atoms with Gasteiger partial charge in [0.2, 0.25) is 29.5 Å². The summed E-state index contributed by atoms with van der Waals surface area (Å²) in [6.07, 6.45) is 3.40. The quantitative estimate of drug-likeness (QED) is 0.107. The van der Waals surface area contributed by atoms with Crippen molar-refractivity contribution in [3.63, 3.8) is 0 Å². The van der Waals surface area contributed by atoms with Crippen molar-refractivity contribution in [3.8, 4) is 0 Å². The van der Waals surface area contributed by atoms with Crippen molar-refractivity contribution < 1.29 is 33.9 Å². The van der Waals surface area contributed by atoms with Crippen LogP contribution in [0.15, 0.2) is 12.5 Å². The van der Waals surface area contributed by atoms with Crippen molar-refractivity contribution in [2.24, 2.45) is 17.2 Å². The molecule has 4 atom stereocenters. The molecule has 0 aliphatic rings. The van der Waals surface area contributed by atoms with E-state index >= 15 is 0 Å². The molecule has 5 amide bonds. The van der Waals surface area contributed by atoms with E-state index in [1.807, 2.05) is 0 Å². The number of carboxylic acid groups (broad SMARTS) is 1. The molecule has 0 spiro atoms. The number of carbonyl (C=O) groups is 6. The van der Waals surface area contributed by atoms with Crippen LogP contribution in [0, 0.1) is 0 Å². The topological polar surface area (TPSA) is 265 Å². The number of aromatic amines is 1. The standard InChI is InChI=1S/C19H30N8O7S/c1-35-3-2-11(19(33)34)25-18(32)13(6-15(22)29)27-17(31)12(4-9-7-23-8-24-9)26-16(30)10(20)5-14(21)28/h7-8,10-13H,2-6,20H2,1H3,(H2,21,28)(H2,22,29)(H,23,24)(H,25,32)(H,26,30)(H,27,31)(H,33,34). The first-order valence-corrected chi connectivity index (χ1v) is 11.8.